The summed E-state index contributed by atoms with van der Waals surface area (Å²) in [5, 5.41) is 1.24. The summed E-state index contributed by atoms with van der Waals surface area (Å²) in [7, 11) is 3.48. The Morgan fingerprint density at radius 2 is 1.51 bits per heavy atom. The molecule has 0 N–H and O–H groups in total. The lowest BCUT2D eigenvalue weighted by Crippen LogP contribution is -2.57. The lowest BCUT2D eigenvalue weighted by Gasteiger charge is -2.46. The predicted molar refractivity (Wildman–Crippen MR) is 159 cm³/mol. The Kier molecular flexibility index (Phi) is 7.76. The Balaban J connectivity index is 2.07. The smallest absolute Gasteiger partial charge is 0.326 e. The highest BCUT2D eigenvalue weighted by molar-refractivity contribution is 6.30. The fraction of sp³-hybridized carbons (Fsp3) is 0.387. The van der Waals surface area contributed by atoms with Crippen molar-refractivity contribution < 1.29 is 9.53 Å². The van der Waals surface area contributed by atoms with Crippen molar-refractivity contribution in [2.75, 3.05) is 20.7 Å². The maximum absolute atomic E-state index is 14.1. The van der Waals surface area contributed by atoms with Crippen molar-refractivity contribution >= 4 is 35.1 Å². The van der Waals surface area contributed by atoms with Crippen molar-refractivity contribution in [1.29, 1.82) is 0 Å². The molecule has 4 rings (SSSR count). The van der Waals surface area contributed by atoms with Crippen molar-refractivity contribution in [1.82, 2.24) is 14.8 Å². The number of hydrogen-bond donors (Lipinski definition) is 0. The van der Waals surface area contributed by atoms with Gasteiger partial charge in [0.05, 0.1) is 12.2 Å². The van der Waals surface area contributed by atoms with Gasteiger partial charge in [0.1, 0.15) is 22.7 Å². The molecule has 0 fully saturated rings. The van der Waals surface area contributed by atoms with Crippen molar-refractivity contribution in [2.45, 2.75) is 58.0 Å². The second-order valence-corrected chi connectivity index (χ2v) is 12.2. The SMILES string of the molecule is CCOc1cc(C(C)(C)C)ncc1C1=N[C@@](C)(c2ccc(Cl)cc2)[C@@](C)(c2ccc(Cl)cc2)N1C(=O)N(C)C. The van der Waals surface area contributed by atoms with Gasteiger partial charge in [0.25, 0.3) is 0 Å². The zero-order valence-corrected chi connectivity index (χ0v) is 25.4. The van der Waals surface area contributed by atoms with Gasteiger partial charge in [-0.3, -0.25) is 14.9 Å². The van der Waals surface area contributed by atoms with Crippen LogP contribution in [-0.4, -0.2) is 47.4 Å². The minimum atomic E-state index is -0.950. The van der Waals surface area contributed by atoms with E-state index in [2.05, 4.69) is 20.8 Å². The molecule has 1 aliphatic rings. The fourth-order valence-electron chi connectivity index (χ4n) is 5.06. The number of urea groups is 1. The monoisotopic (exact) mass is 566 g/mol. The Hall–Kier alpha value is -3.09. The van der Waals surface area contributed by atoms with Crippen molar-refractivity contribution in [3.63, 3.8) is 0 Å². The number of amides is 2. The summed E-state index contributed by atoms with van der Waals surface area (Å²) in [5.74, 6) is 1.12. The first kappa shape index (κ1) is 28.9. The molecule has 8 heteroatoms. The second kappa shape index (κ2) is 10.5. The highest BCUT2D eigenvalue weighted by Crippen LogP contribution is 2.54. The maximum atomic E-state index is 14.1. The number of pyridine rings is 1. The molecular formula is C31H36Cl2N4O2. The van der Waals surface area contributed by atoms with Crippen molar-refractivity contribution in [3.8, 4) is 5.75 Å². The standard InChI is InChI=1S/C31H36Cl2N4O2/c1-9-39-25-18-26(29(2,3)4)34-19-24(25)27-35-30(5,20-10-14-22(32)15-11-20)31(6,37(27)28(38)36(7)8)21-12-16-23(33)17-13-21/h10-19H,9H2,1-8H3/t30-,31+/m0/s1. The topological polar surface area (TPSA) is 58.0 Å². The quantitative estimate of drug-likeness (QED) is 0.318. The molecule has 0 aliphatic carbocycles. The number of nitrogens with zero attached hydrogens (tertiary/aromatic N) is 4. The van der Waals surface area contributed by atoms with Crippen LogP contribution in [-0.2, 0) is 16.5 Å². The van der Waals surface area contributed by atoms with Crippen molar-refractivity contribution in [3.05, 3.63) is 93.2 Å². The Bertz CT molecular complexity index is 1400. The van der Waals surface area contributed by atoms with Gasteiger partial charge in [-0.1, -0.05) is 68.2 Å². The molecule has 2 amide bonds. The lowest BCUT2D eigenvalue weighted by atomic mass is 9.71. The van der Waals surface area contributed by atoms with E-state index in [-0.39, 0.29) is 11.4 Å². The fourth-order valence-corrected chi connectivity index (χ4v) is 5.31. The predicted octanol–water partition coefficient (Wildman–Crippen LogP) is 7.66. The zero-order valence-electron chi connectivity index (χ0n) is 23.8. The second-order valence-electron chi connectivity index (χ2n) is 11.4. The summed E-state index contributed by atoms with van der Waals surface area (Å²) < 4.78 is 6.15. The molecule has 0 saturated carbocycles. The van der Waals surface area contributed by atoms with Crippen molar-refractivity contribution in [2.24, 2.45) is 4.99 Å². The van der Waals surface area contributed by atoms with Gasteiger partial charge < -0.3 is 9.64 Å². The van der Waals surface area contributed by atoms with Gasteiger partial charge in [-0.05, 0) is 56.2 Å². The minimum Gasteiger partial charge on any atom is -0.493 e. The van der Waals surface area contributed by atoms with E-state index in [0.29, 0.717) is 33.8 Å². The summed E-state index contributed by atoms with van der Waals surface area (Å²) in [5.41, 5.74) is 1.30. The summed E-state index contributed by atoms with van der Waals surface area (Å²) >= 11 is 12.6. The molecule has 2 heterocycles. The third kappa shape index (κ3) is 5.01. The number of carbonyl (C=O) groups excluding carboxylic acids is 1. The van der Waals surface area contributed by atoms with Crippen LogP contribution in [0.5, 0.6) is 5.75 Å². The number of carbonyl (C=O) groups is 1. The van der Waals surface area contributed by atoms with E-state index in [1.807, 2.05) is 75.4 Å². The van der Waals surface area contributed by atoms with Crippen LogP contribution in [0, 0.1) is 0 Å². The third-order valence-corrected chi connectivity index (χ3v) is 8.00. The van der Waals surface area contributed by atoms with Crippen LogP contribution in [0.15, 0.2) is 65.8 Å². The van der Waals surface area contributed by atoms with Gasteiger partial charge >= 0.3 is 6.03 Å². The summed E-state index contributed by atoms with van der Waals surface area (Å²) in [6.07, 6.45) is 1.77. The van der Waals surface area contributed by atoms with E-state index in [9.17, 15) is 4.79 Å². The van der Waals surface area contributed by atoms with Gasteiger partial charge in [-0.2, -0.15) is 0 Å². The molecule has 0 saturated heterocycles. The van der Waals surface area contributed by atoms with E-state index in [1.54, 1.807) is 30.1 Å². The normalized spacial score (nSPS) is 21.1. The van der Waals surface area contributed by atoms with Crippen LogP contribution in [0.2, 0.25) is 10.0 Å². The Morgan fingerprint density at radius 1 is 0.974 bits per heavy atom. The molecular weight excluding hydrogens is 531 g/mol. The first-order chi connectivity index (χ1) is 18.2. The molecule has 1 aromatic heterocycles. The number of halogens is 2. The van der Waals surface area contributed by atoms with Crippen LogP contribution >= 0.6 is 23.2 Å². The van der Waals surface area contributed by atoms with E-state index in [4.69, 9.17) is 37.9 Å². The number of aliphatic imine (C=N–C) groups is 1. The van der Waals surface area contributed by atoms with Gasteiger partial charge in [0.2, 0.25) is 0 Å². The summed E-state index contributed by atoms with van der Waals surface area (Å²) in [6.45, 7) is 12.8. The minimum absolute atomic E-state index is 0.184. The lowest BCUT2D eigenvalue weighted by molar-refractivity contribution is 0.118. The molecule has 206 valence electrons. The number of amidine groups is 1. The largest absolute Gasteiger partial charge is 0.493 e. The number of aromatic nitrogens is 1. The number of ether oxygens (including phenoxy) is 1. The first-order valence-electron chi connectivity index (χ1n) is 13.0. The van der Waals surface area contributed by atoms with E-state index >= 15 is 0 Å². The van der Waals surface area contributed by atoms with E-state index in [0.717, 1.165) is 16.8 Å². The Labute approximate surface area is 241 Å². The maximum Gasteiger partial charge on any atom is 0.326 e. The molecule has 0 radical (unpaired) electrons. The van der Waals surface area contributed by atoms with Crippen LogP contribution in [0.25, 0.3) is 0 Å². The van der Waals surface area contributed by atoms with Gasteiger partial charge in [-0.25, -0.2) is 4.79 Å². The molecule has 0 bridgehead atoms. The molecule has 0 spiro atoms. The summed E-state index contributed by atoms with van der Waals surface area (Å²) in [4.78, 5) is 27.6. The molecule has 0 unspecified atom stereocenters. The third-order valence-electron chi connectivity index (χ3n) is 7.50. The number of rotatable bonds is 5. The summed E-state index contributed by atoms with van der Waals surface area (Å²) in [6, 6.07) is 17.0. The van der Waals surface area contributed by atoms with Crippen LogP contribution < -0.4 is 4.74 Å². The molecule has 6 nitrogen and oxygen atoms in total. The zero-order chi connectivity index (χ0) is 28.8. The average molecular weight is 568 g/mol. The number of hydrogen-bond acceptors (Lipinski definition) is 4. The number of benzene rings is 2. The van der Waals surface area contributed by atoms with Gasteiger partial charge in [0, 0.05) is 47.5 Å². The Morgan fingerprint density at radius 3 is 2.00 bits per heavy atom. The highest BCUT2D eigenvalue weighted by atomic mass is 35.5. The van der Waals surface area contributed by atoms with Crippen LogP contribution in [0.3, 0.4) is 0 Å². The molecule has 2 aromatic carbocycles. The van der Waals surface area contributed by atoms with Gasteiger partial charge in [0.15, 0.2) is 0 Å². The van der Waals surface area contributed by atoms with Crippen LogP contribution in [0.1, 0.15) is 63.9 Å². The van der Waals surface area contributed by atoms with Gasteiger partial charge in [-0.15, -0.1) is 0 Å². The van der Waals surface area contributed by atoms with Crippen LogP contribution in [0.4, 0.5) is 4.79 Å². The first-order valence-corrected chi connectivity index (χ1v) is 13.8. The molecule has 1 aliphatic heterocycles. The van der Waals surface area contributed by atoms with E-state index < -0.39 is 11.1 Å². The molecule has 2 atom stereocenters. The molecule has 39 heavy (non-hydrogen) atoms. The molecule has 3 aromatic rings. The average Bonchev–Trinajstić information content (AvgIpc) is 3.12. The highest BCUT2D eigenvalue weighted by Gasteiger charge is 2.60. The van der Waals surface area contributed by atoms with E-state index in [1.165, 1.54) is 0 Å².